The maximum absolute atomic E-state index is 12.5. The largest absolute Gasteiger partial charge is 0.402 e. The molecule has 0 fully saturated rings. The molecule has 0 radical (unpaired) electrons. The number of hydrogen-bond donors (Lipinski definition) is 0. The van der Waals surface area contributed by atoms with E-state index in [1.807, 2.05) is 0 Å². The third-order valence-electron chi connectivity index (χ3n) is 2.31. The number of hydrogen-bond acceptors (Lipinski definition) is 2. The van der Waals surface area contributed by atoms with Crippen molar-refractivity contribution in [1.29, 1.82) is 0 Å². The molecule has 1 aromatic carbocycles. The average Bonchev–Trinajstić information content (AvgIpc) is 2.27. The molecule has 1 rings (SSSR count). The van der Waals surface area contributed by atoms with E-state index in [0.717, 1.165) is 0 Å². The molecule has 0 unspecified atom stereocenters. The Balaban J connectivity index is 3.09. The van der Waals surface area contributed by atoms with E-state index < -0.39 is 22.7 Å². The molecular weight excluding hydrogens is 279 g/mol. The molecule has 0 heterocycles. The average molecular weight is 295 g/mol. The van der Waals surface area contributed by atoms with Crippen LogP contribution in [0.5, 0.6) is 0 Å². The second-order valence-electron chi connectivity index (χ2n) is 4.62. The number of sulfonamides is 1. The Bertz CT molecular complexity index is 497. The van der Waals surface area contributed by atoms with Gasteiger partial charge in [-0.2, -0.15) is 17.5 Å². The molecule has 0 spiro atoms. The van der Waals surface area contributed by atoms with Gasteiger partial charge in [-0.15, -0.1) is 0 Å². The summed E-state index contributed by atoms with van der Waals surface area (Å²) < 4.78 is 62.3. The zero-order chi connectivity index (χ0) is 14.7. The van der Waals surface area contributed by atoms with Gasteiger partial charge in [-0.3, -0.25) is 0 Å². The van der Waals surface area contributed by atoms with Crippen LogP contribution in [0.3, 0.4) is 0 Å². The summed E-state index contributed by atoms with van der Waals surface area (Å²) in [5.74, 6) is -0.194. The molecule has 3 nitrogen and oxygen atoms in total. The summed E-state index contributed by atoms with van der Waals surface area (Å²) in [7, 11) is -4.12. The monoisotopic (exact) mass is 295 g/mol. The van der Waals surface area contributed by atoms with Gasteiger partial charge >= 0.3 is 6.18 Å². The molecule has 0 saturated heterocycles. The van der Waals surface area contributed by atoms with Gasteiger partial charge in [0.25, 0.3) is 0 Å². The van der Waals surface area contributed by atoms with Gasteiger partial charge in [0.05, 0.1) is 4.90 Å². The maximum Gasteiger partial charge on any atom is 0.402 e. The second-order valence-corrected chi connectivity index (χ2v) is 6.56. The van der Waals surface area contributed by atoms with Gasteiger partial charge in [0, 0.05) is 6.54 Å². The van der Waals surface area contributed by atoms with Gasteiger partial charge in [0.2, 0.25) is 10.0 Å². The van der Waals surface area contributed by atoms with E-state index in [9.17, 15) is 21.6 Å². The molecule has 108 valence electrons. The Morgan fingerprint density at radius 2 is 1.68 bits per heavy atom. The first-order valence-electron chi connectivity index (χ1n) is 5.75. The minimum absolute atomic E-state index is 0.125. The second kappa shape index (κ2) is 5.92. The number of halogens is 3. The van der Waals surface area contributed by atoms with Crippen LogP contribution in [0.4, 0.5) is 13.2 Å². The van der Waals surface area contributed by atoms with E-state index in [4.69, 9.17) is 0 Å². The van der Waals surface area contributed by atoms with Gasteiger partial charge in [-0.1, -0.05) is 32.0 Å². The highest BCUT2D eigenvalue weighted by Crippen LogP contribution is 2.23. The van der Waals surface area contributed by atoms with Crippen LogP contribution < -0.4 is 0 Å². The van der Waals surface area contributed by atoms with Crippen molar-refractivity contribution in [2.45, 2.75) is 24.9 Å². The predicted molar refractivity (Wildman–Crippen MR) is 66.1 cm³/mol. The number of alkyl halides is 3. The van der Waals surface area contributed by atoms with Crippen molar-refractivity contribution in [3.8, 4) is 0 Å². The highest BCUT2D eigenvalue weighted by molar-refractivity contribution is 7.89. The Kier molecular flexibility index (Phi) is 4.98. The minimum atomic E-state index is -4.56. The fourth-order valence-corrected chi connectivity index (χ4v) is 3.21. The van der Waals surface area contributed by atoms with Crippen molar-refractivity contribution >= 4 is 10.0 Å². The summed E-state index contributed by atoms with van der Waals surface area (Å²) in [5, 5.41) is 0. The van der Waals surface area contributed by atoms with E-state index in [1.165, 1.54) is 24.3 Å². The lowest BCUT2D eigenvalue weighted by Gasteiger charge is -2.24. The maximum atomic E-state index is 12.5. The van der Waals surface area contributed by atoms with Crippen molar-refractivity contribution < 1.29 is 21.6 Å². The third kappa shape index (κ3) is 4.83. The van der Waals surface area contributed by atoms with E-state index >= 15 is 0 Å². The van der Waals surface area contributed by atoms with E-state index in [1.54, 1.807) is 19.9 Å². The zero-order valence-corrected chi connectivity index (χ0v) is 11.5. The molecule has 0 amide bonds. The van der Waals surface area contributed by atoms with Crippen LogP contribution in [0.2, 0.25) is 0 Å². The fraction of sp³-hybridized carbons (Fsp3) is 0.500. The van der Waals surface area contributed by atoms with Gasteiger partial charge < -0.3 is 0 Å². The summed E-state index contributed by atoms with van der Waals surface area (Å²) in [6.45, 7) is 1.70. The Labute approximate surface area is 111 Å². The predicted octanol–water partition coefficient (Wildman–Crippen LogP) is 2.90. The lowest BCUT2D eigenvalue weighted by atomic mass is 10.2. The van der Waals surface area contributed by atoms with Crippen LogP contribution in [-0.2, 0) is 10.0 Å². The van der Waals surface area contributed by atoms with Crippen LogP contribution in [-0.4, -0.2) is 32.0 Å². The molecule has 0 atom stereocenters. The lowest BCUT2D eigenvalue weighted by Crippen LogP contribution is -2.41. The molecule has 0 N–H and O–H groups in total. The fourth-order valence-electron chi connectivity index (χ4n) is 1.60. The highest BCUT2D eigenvalue weighted by Gasteiger charge is 2.37. The highest BCUT2D eigenvalue weighted by atomic mass is 32.2. The number of rotatable bonds is 5. The summed E-state index contributed by atoms with van der Waals surface area (Å²) >= 11 is 0. The molecule has 0 aromatic heterocycles. The molecule has 0 bridgehead atoms. The molecule has 0 saturated carbocycles. The van der Waals surface area contributed by atoms with Crippen LogP contribution in [0.1, 0.15) is 13.8 Å². The van der Waals surface area contributed by atoms with E-state index in [2.05, 4.69) is 0 Å². The van der Waals surface area contributed by atoms with Crippen molar-refractivity contribution in [3.63, 3.8) is 0 Å². The summed E-state index contributed by atoms with van der Waals surface area (Å²) in [6, 6.07) is 7.15. The molecular formula is C12H16F3NO2S. The number of nitrogens with zero attached hydrogens (tertiary/aromatic N) is 1. The van der Waals surface area contributed by atoms with Crippen LogP contribution in [0, 0.1) is 5.92 Å². The zero-order valence-electron chi connectivity index (χ0n) is 10.7. The summed E-state index contributed by atoms with van der Waals surface area (Å²) in [5.41, 5.74) is 0. The molecule has 19 heavy (non-hydrogen) atoms. The SMILES string of the molecule is CC(C)CN(CC(F)(F)F)S(=O)(=O)c1ccccc1. The number of benzene rings is 1. The molecule has 1 aromatic rings. The first-order valence-corrected chi connectivity index (χ1v) is 7.19. The van der Waals surface area contributed by atoms with Crippen molar-refractivity contribution in [2.75, 3.05) is 13.1 Å². The smallest absolute Gasteiger partial charge is 0.207 e. The van der Waals surface area contributed by atoms with Gasteiger partial charge in [0.15, 0.2) is 0 Å². The third-order valence-corrected chi connectivity index (χ3v) is 4.13. The van der Waals surface area contributed by atoms with E-state index in [-0.39, 0.29) is 17.4 Å². The Hall–Kier alpha value is -1.08. The Morgan fingerprint density at radius 3 is 2.11 bits per heavy atom. The van der Waals surface area contributed by atoms with Crippen LogP contribution in [0.25, 0.3) is 0 Å². The van der Waals surface area contributed by atoms with Crippen LogP contribution in [0.15, 0.2) is 35.2 Å². The van der Waals surface area contributed by atoms with Crippen molar-refractivity contribution in [1.82, 2.24) is 4.31 Å². The summed E-state index contributed by atoms with van der Waals surface area (Å²) in [4.78, 5) is -0.125. The normalized spacial score (nSPS) is 13.2. The van der Waals surface area contributed by atoms with Crippen LogP contribution >= 0.6 is 0 Å². The van der Waals surface area contributed by atoms with Crippen molar-refractivity contribution in [3.05, 3.63) is 30.3 Å². The van der Waals surface area contributed by atoms with Gasteiger partial charge in [-0.05, 0) is 18.1 Å². The lowest BCUT2D eigenvalue weighted by molar-refractivity contribution is -0.136. The Morgan fingerprint density at radius 1 is 1.16 bits per heavy atom. The summed E-state index contributed by atoms with van der Waals surface area (Å²) in [6.07, 6.45) is -4.56. The molecule has 0 aliphatic carbocycles. The molecule has 0 aliphatic heterocycles. The minimum Gasteiger partial charge on any atom is -0.207 e. The van der Waals surface area contributed by atoms with Crippen molar-refractivity contribution in [2.24, 2.45) is 5.92 Å². The quantitative estimate of drug-likeness (QED) is 0.837. The van der Waals surface area contributed by atoms with E-state index in [0.29, 0.717) is 4.31 Å². The molecule has 0 aliphatic rings. The van der Waals surface area contributed by atoms with Gasteiger partial charge in [-0.25, -0.2) is 8.42 Å². The standard InChI is InChI=1S/C12H16F3NO2S/c1-10(2)8-16(9-12(13,14)15)19(17,18)11-6-4-3-5-7-11/h3-7,10H,8-9H2,1-2H3. The van der Waals surface area contributed by atoms with Gasteiger partial charge in [0.1, 0.15) is 6.54 Å². The first kappa shape index (κ1) is 16.0. The molecule has 7 heteroatoms. The first-order chi connectivity index (χ1) is 8.63. The topological polar surface area (TPSA) is 37.4 Å².